The van der Waals surface area contributed by atoms with Crippen LogP contribution in [0.2, 0.25) is 5.02 Å². The normalized spacial score (nSPS) is 15.9. The molecule has 2 aromatic carbocycles. The van der Waals surface area contributed by atoms with Gasteiger partial charge in [-0.05, 0) is 50.6 Å². The van der Waals surface area contributed by atoms with Crippen molar-refractivity contribution in [1.82, 2.24) is 9.78 Å². The van der Waals surface area contributed by atoms with E-state index in [2.05, 4.69) is 10.4 Å². The number of anilines is 1. The van der Waals surface area contributed by atoms with Crippen LogP contribution >= 0.6 is 11.6 Å². The molecule has 142 valence electrons. The summed E-state index contributed by atoms with van der Waals surface area (Å²) in [5.41, 5.74) is 4.80. The second-order valence-electron chi connectivity index (χ2n) is 7.23. The summed E-state index contributed by atoms with van der Waals surface area (Å²) in [6.45, 7) is 5.73. The second kappa shape index (κ2) is 6.91. The van der Waals surface area contributed by atoms with Crippen molar-refractivity contribution in [2.24, 2.45) is 0 Å². The molecule has 1 unspecified atom stereocenters. The summed E-state index contributed by atoms with van der Waals surface area (Å²) in [5.74, 6) is -0.262. The Morgan fingerprint density at radius 2 is 1.96 bits per heavy atom. The highest BCUT2D eigenvalue weighted by molar-refractivity contribution is 6.30. The largest absolute Gasteiger partial charge is 0.310 e. The molecule has 3 aromatic rings. The molecule has 0 radical (unpaired) electrons. The minimum atomic E-state index is -0.558. The number of nitrogens with zero attached hydrogens (tertiary/aromatic N) is 2. The van der Waals surface area contributed by atoms with Gasteiger partial charge < -0.3 is 5.32 Å². The molecule has 28 heavy (non-hydrogen) atoms. The Hall–Kier alpha value is -2.92. The highest BCUT2D eigenvalue weighted by Gasteiger charge is 2.36. The number of rotatable bonds is 3. The van der Waals surface area contributed by atoms with Gasteiger partial charge >= 0.3 is 0 Å². The maximum Gasteiger partial charge on any atom is 0.226 e. The highest BCUT2D eigenvalue weighted by Crippen LogP contribution is 2.38. The fraction of sp³-hybridized carbons (Fsp3) is 0.227. The summed E-state index contributed by atoms with van der Waals surface area (Å²) in [7, 11) is 0. The Labute approximate surface area is 168 Å². The first-order valence-electron chi connectivity index (χ1n) is 9.12. The first-order valence-corrected chi connectivity index (χ1v) is 9.49. The number of aromatic nitrogens is 2. The molecule has 0 bridgehead atoms. The van der Waals surface area contributed by atoms with Crippen LogP contribution in [-0.2, 0) is 4.79 Å². The van der Waals surface area contributed by atoms with Crippen LogP contribution in [0.4, 0.5) is 5.82 Å². The number of fused-ring (bicyclic) bond motifs is 1. The molecule has 0 saturated heterocycles. The molecule has 1 aliphatic heterocycles. The number of halogens is 1. The Morgan fingerprint density at radius 3 is 2.71 bits per heavy atom. The zero-order valence-electron chi connectivity index (χ0n) is 15.9. The molecule has 1 aliphatic rings. The standard InChI is InChI=1S/C22H20ClN3O2/c1-12-7-8-13(2)17(9-12)21(28)18-11-19(27)24-22-20(18)14(3)25-26(22)16-6-4-5-15(23)10-16/h4-10,18H,11H2,1-3H3,(H,24,27). The molecule has 0 fully saturated rings. The Morgan fingerprint density at radius 1 is 1.18 bits per heavy atom. The molecule has 5 nitrogen and oxygen atoms in total. The van der Waals surface area contributed by atoms with E-state index in [4.69, 9.17) is 11.6 Å². The molecule has 0 saturated carbocycles. The fourth-order valence-electron chi connectivity index (χ4n) is 3.75. The third kappa shape index (κ3) is 3.12. The number of nitrogens with one attached hydrogen (secondary N) is 1. The third-order valence-corrected chi connectivity index (χ3v) is 5.37. The van der Waals surface area contributed by atoms with Crippen LogP contribution in [0.25, 0.3) is 5.69 Å². The summed E-state index contributed by atoms with van der Waals surface area (Å²) in [6, 6.07) is 13.0. The smallest absolute Gasteiger partial charge is 0.226 e. The van der Waals surface area contributed by atoms with Gasteiger partial charge in [-0.2, -0.15) is 5.10 Å². The lowest BCUT2D eigenvalue weighted by atomic mass is 9.84. The van der Waals surface area contributed by atoms with E-state index in [-0.39, 0.29) is 18.1 Å². The molecule has 0 spiro atoms. The van der Waals surface area contributed by atoms with Gasteiger partial charge in [-0.3, -0.25) is 9.59 Å². The predicted molar refractivity (Wildman–Crippen MR) is 110 cm³/mol. The van der Waals surface area contributed by atoms with E-state index in [1.807, 2.05) is 51.1 Å². The number of hydrogen-bond donors (Lipinski definition) is 1. The number of Topliss-reactive ketones (excluding diaryl/α,β-unsaturated/α-hetero) is 1. The van der Waals surface area contributed by atoms with Crippen LogP contribution in [0, 0.1) is 20.8 Å². The Balaban J connectivity index is 1.85. The average molecular weight is 394 g/mol. The van der Waals surface area contributed by atoms with Gasteiger partial charge in [0.25, 0.3) is 0 Å². The van der Waals surface area contributed by atoms with Gasteiger partial charge in [-0.25, -0.2) is 4.68 Å². The second-order valence-corrected chi connectivity index (χ2v) is 7.66. The van der Waals surface area contributed by atoms with Gasteiger partial charge in [0.15, 0.2) is 5.78 Å². The van der Waals surface area contributed by atoms with E-state index in [0.29, 0.717) is 16.4 Å². The minimum absolute atomic E-state index is 0.0500. The van der Waals surface area contributed by atoms with E-state index in [0.717, 1.165) is 28.1 Å². The van der Waals surface area contributed by atoms with Crippen molar-refractivity contribution in [3.8, 4) is 5.69 Å². The van der Waals surface area contributed by atoms with Crippen molar-refractivity contribution >= 4 is 29.1 Å². The first kappa shape index (κ1) is 18.4. The number of hydrogen-bond acceptors (Lipinski definition) is 3. The van der Waals surface area contributed by atoms with Crippen molar-refractivity contribution in [3.63, 3.8) is 0 Å². The maximum absolute atomic E-state index is 13.4. The van der Waals surface area contributed by atoms with E-state index >= 15 is 0 Å². The summed E-state index contributed by atoms with van der Waals surface area (Å²) >= 11 is 6.12. The fourth-order valence-corrected chi connectivity index (χ4v) is 3.94. The van der Waals surface area contributed by atoms with Crippen molar-refractivity contribution in [2.75, 3.05) is 5.32 Å². The maximum atomic E-state index is 13.4. The van der Waals surface area contributed by atoms with Gasteiger partial charge in [0, 0.05) is 22.6 Å². The van der Waals surface area contributed by atoms with Crippen molar-refractivity contribution < 1.29 is 9.59 Å². The lowest BCUT2D eigenvalue weighted by Gasteiger charge is -2.24. The lowest BCUT2D eigenvalue weighted by Crippen LogP contribution is -2.28. The van der Waals surface area contributed by atoms with E-state index in [9.17, 15) is 9.59 Å². The van der Waals surface area contributed by atoms with E-state index < -0.39 is 5.92 Å². The molecule has 1 atom stereocenters. The van der Waals surface area contributed by atoms with Gasteiger partial charge in [-0.15, -0.1) is 0 Å². The van der Waals surface area contributed by atoms with Crippen LogP contribution in [0.3, 0.4) is 0 Å². The number of aryl methyl sites for hydroxylation is 3. The van der Waals surface area contributed by atoms with Gasteiger partial charge in [0.05, 0.1) is 17.3 Å². The highest BCUT2D eigenvalue weighted by atomic mass is 35.5. The average Bonchev–Trinajstić information content (AvgIpc) is 2.99. The van der Waals surface area contributed by atoms with Gasteiger partial charge in [0.1, 0.15) is 5.82 Å². The summed E-state index contributed by atoms with van der Waals surface area (Å²) in [4.78, 5) is 25.8. The summed E-state index contributed by atoms with van der Waals surface area (Å²) in [5, 5.41) is 8.06. The molecule has 2 heterocycles. The number of ketones is 1. The van der Waals surface area contributed by atoms with Crippen molar-refractivity contribution in [2.45, 2.75) is 33.1 Å². The molecular formula is C22H20ClN3O2. The Kier molecular flexibility index (Phi) is 4.55. The monoisotopic (exact) mass is 393 g/mol. The minimum Gasteiger partial charge on any atom is -0.310 e. The van der Waals surface area contributed by atoms with Crippen LogP contribution in [0.1, 0.15) is 45.1 Å². The molecule has 1 amide bonds. The van der Waals surface area contributed by atoms with Crippen LogP contribution in [0.5, 0.6) is 0 Å². The zero-order chi connectivity index (χ0) is 20.0. The number of carbonyl (C=O) groups excluding carboxylic acids is 2. The molecule has 1 aromatic heterocycles. The molecular weight excluding hydrogens is 374 g/mol. The lowest BCUT2D eigenvalue weighted by molar-refractivity contribution is -0.116. The van der Waals surface area contributed by atoms with Crippen LogP contribution < -0.4 is 5.32 Å². The van der Waals surface area contributed by atoms with Crippen LogP contribution in [-0.4, -0.2) is 21.5 Å². The molecule has 1 N–H and O–H groups in total. The topological polar surface area (TPSA) is 64.0 Å². The number of benzene rings is 2. The SMILES string of the molecule is Cc1ccc(C)c(C(=O)C2CC(=O)Nc3c2c(C)nn3-c2cccc(Cl)c2)c1. The Bertz CT molecular complexity index is 1120. The number of carbonyl (C=O) groups is 2. The van der Waals surface area contributed by atoms with Crippen molar-refractivity contribution in [3.05, 3.63) is 75.4 Å². The quantitative estimate of drug-likeness (QED) is 0.652. The number of amides is 1. The van der Waals surface area contributed by atoms with E-state index in [1.165, 1.54) is 0 Å². The third-order valence-electron chi connectivity index (χ3n) is 5.13. The first-order chi connectivity index (χ1) is 13.3. The van der Waals surface area contributed by atoms with Crippen molar-refractivity contribution in [1.29, 1.82) is 0 Å². The zero-order valence-corrected chi connectivity index (χ0v) is 16.7. The van der Waals surface area contributed by atoms with Crippen LogP contribution in [0.15, 0.2) is 42.5 Å². The molecule has 0 aliphatic carbocycles. The molecule has 4 rings (SSSR count). The summed E-state index contributed by atoms with van der Waals surface area (Å²) < 4.78 is 1.65. The molecule has 6 heteroatoms. The predicted octanol–water partition coefficient (Wildman–Crippen LogP) is 4.76. The van der Waals surface area contributed by atoms with Gasteiger partial charge in [0.2, 0.25) is 5.91 Å². The van der Waals surface area contributed by atoms with E-state index in [1.54, 1.807) is 16.8 Å². The summed E-state index contributed by atoms with van der Waals surface area (Å²) in [6.07, 6.45) is 0.112. The van der Waals surface area contributed by atoms with Gasteiger partial charge in [-0.1, -0.05) is 35.4 Å².